The zero-order valence-electron chi connectivity index (χ0n) is 12.9. The third-order valence-corrected chi connectivity index (χ3v) is 4.14. The fourth-order valence-electron chi connectivity index (χ4n) is 2.82. The number of amides is 1. The van der Waals surface area contributed by atoms with Gasteiger partial charge in [0.05, 0.1) is 6.42 Å². The van der Waals surface area contributed by atoms with Gasteiger partial charge in [-0.05, 0) is 35.9 Å². The highest BCUT2D eigenvalue weighted by Crippen LogP contribution is 2.19. The van der Waals surface area contributed by atoms with Gasteiger partial charge in [-0.1, -0.05) is 18.2 Å². The second-order valence-electron chi connectivity index (χ2n) is 5.77. The molecule has 23 heavy (non-hydrogen) atoms. The third-order valence-electron chi connectivity index (χ3n) is 4.14. The number of nitrogen functional groups attached to an aromatic ring is 1. The average molecular weight is 313 g/mol. The number of nitrogens with zero attached hydrogens (tertiary/aromatic N) is 2. The number of anilines is 2. The summed E-state index contributed by atoms with van der Waals surface area (Å²) in [5, 5.41) is 0. The molecule has 0 aliphatic carbocycles. The lowest BCUT2D eigenvalue weighted by Gasteiger charge is -2.36. The molecule has 2 aromatic rings. The Morgan fingerprint density at radius 3 is 2.39 bits per heavy atom. The van der Waals surface area contributed by atoms with E-state index >= 15 is 0 Å². The fourth-order valence-corrected chi connectivity index (χ4v) is 2.82. The summed E-state index contributed by atoms with van der Waals surface area (Å²) in [4.78, 5) is 16.4. The summed E-state index contributed by atoms with van der Waals surface area (Å²) in [6, 6.07) is 13.9. The largest absolute Gasteiger partial charge is 0.399 e. The van der Waals surface area contributed by atoms with Gasteiger partial charge in [0.25, 0.3) is 0 Å². The van der Waals surface area contributed by atoms with E-state index in [0.717, 1.165) is 30.0 Å². The van der Waals surface area contributed by atoms with Gasteiger partial charge >= 0.3 is 0 Å². The van der Waals surface area contributed by atoms with E-state index in [1.807, 2.05) is 29.2 Å². The van der Waals surface area contributed by atoms with Crippen molar-refractivity contribution in [3.05, 3.63) is 59.9 Å². The minimum atomic E-state index is -0.281. The van der Waals surface area contributed by atoms with Crippen LogP contribution in [-0.2, 0) is 11.2 Å². The van der Waals surface area contributed by atoms with Crippen LogP contribution in [0.2, 0.25) is 0 Å². The molecule has 3 rings (SSSR count). The lowest BCUT2D eigenvalue weighted by molar-refractivity contribution is -0.130. The first-order valence-corrected chi connectivity index (χ1v) is 7.74. The van der Waals surface area contributed by atoms with Gasteiger partial charge < -0.3 is 15.5 Å². The first-order chi connectivity index (χ1) is 11.1. The average Bonchev–Trinajstić information content (AvgIpc) is 2.57. The molecule has 0 atom stereocenters. The van der Waals surface area contributed by atoms with Gasteiger partial charge in [-0.2, -0.15) is 0 Å². The monoisotopic (exact) mass is 313 g/mol. The second kappa shape index (κ2) is 6.69. The number of benzene rings is 2. The first kappa shape index (κ1) is 15.3. The maximum absolute atomic E-state index is 12.9. The van der Waals surface area contributed by atoms with Crippen molar-refractivity contribution in [1.29, 1.82) is 0 Å². The van der Waals surface area contributed by atoms with E-state index < -0.39 is 0 Å². The highest BCUT2D eigenvalue weighted by Gasteiger charge is 2.21. The van der Waals surface area contributed by atoms with Gasteiger partial charge in [0.2, 0.25) is 5.91 Å². The van der Waals surface area contributed by atoms with Crippen molar-refractivity contribution >= 4 is 17.3 Å². The molecule has 120 valence electrons. The summed E-state index contributed by atoms with van der Waals surface area (Å²) in [5.41, 5.74) is 8.50. The number of carbonyl (C=O) groups excluding carboxylic acids is 1. The molecule has 0 bridgehead atoms. The van der Waals surface area contributed by atoms with Crippen LogP contribution in [0.15, 0.2) is 48.5 Å². The smallest absolute Gasteiger partial charge is 0.227 e. The van der Waals surface area contributed by atoms with Crippen LogP contribution in [0.1, 0.15) is 5.56 Å². The van der Waals surface area contributed by atoms with E-state index in [2.05, 4.69) is 4.90 Å². The van der Waals surface area contributed by atoms with Crippen molar-refractivity contribution in [3.63, 3.8) is 0 Å². The van der Waals surface area contributed by atoms with Crippen molar-refractivity contribution < 1.29 is 9.18 Å². The minimum absolute atomic E-state index is 0.0869. The molecule has 0 spiro atoms. The van der Waals surface area contributed by atoms with E-state index in [1.165, 1.54) is 12.1 Å². The molecule has 2 N–H and O–H groups in total. The number of nitrogens with two attached hydrogens (primary N) is 1. The van der Waals surface area contributed by atoms with Gasteiger partial charge in [0.15, 0.2) is 0 Å². The highest BCUT2D eigenvalue weighted by molar-refractivity contribution is 5.79. The number of hydrogen-bond acceptors (Lipinski definition) is 3. The van der Waals surface area contributed by atoms with Crippen molar-refractivity contribution in [2.45, 2.75) is 6.42 Å². The number of piperazine rings is 1. The van der Waals surface area contributed by atoms with Crippen molar-refractivity contribution in [3.8, 4) is 0 Å². The Labute approximate surface area is 135 Å². The second-order valence-corrected chi connectivity index (χ2v) is 5.77. The standard InChI is InChI=1S/C18H20FN3O/c19-15-6-4-14(5-7-15)12-18(23)22-10-8-21(9-11-22)17-3-1-2-16(20)13-17/h1-7,13H,8-12,20H2. The zero-order chi connectivity index (χ0) is 16.2. The maximum atomic E-state index is 12.9. The van der Waals surface area contributed by atoms with Gasteiger partial charge in [0, 0.05) is 37.6 Å². The molecule has 1 amide bonds. The van der Waals surface area contributed by atoms with E-state index in [-0.39, 0.29) is 11.7 Å². The van der Waals surface area contributed by atoms with Crippen molar-refractivity contribution in [2.75, 3.05) is 36.8 Å². The normalized spacial score (nSPS) is 14.8. The zero-order valence-corrected chi connectivity index (χ0v) is 12.9. The Morgan fingerprint density at radius 1 is 1.04 bits per heavy atom. The molecule has 0 unspecified atom stereocenters. The predicted octanol–water partition coefficient (Wildman–Crippen LogP) is 2.30. The summed E-state index contributed by atoms with van der Waals surface area (Å²) in [5.74, 6) is -0.194. The highest BCUT2D eigenvalue weighted by atomic mass is 19.1. The Hall–Kier alpha value is -2.56. The molecule has 0 radical (unpaired) electrons. The van der Waals surface area contributed by atoms with Gasteiger partial charge in [0.1, 0.15) is 5.82 Å². The topological polar surface area (TPSA) is 49.6 Å². The van der Waals surface area contributed by atoms with Crippen LogP contribution in [0.5, 0.6) is 0 Å². The molecule has 2 aromatic carbocycles. The molecule has 5 heteroatoms. The number of rotatable bonds is 3. The Bertz CT molecular complexity index is 679. The van der Waals surface area contributed by atoms with Gasteiger partial charge in [-0.15, -0.1) is 0 Å². The molecule has 1 aliphatic heterocycles. The van der Waals surface area contributed by atoms with Crippen LogP contribution in [0, 0.1) is 5.82 Å². The molecule has 0 aromatic heterocycles. The van der Waals surface area contributed by atoms with E-state index in [1.54, 1.807) is 12.1 Å². The maximum Gasteiger partial charge on any atom is 0.227 e. The molecule has 1 aliphatic rings. The minimum Gasteiger partial charge on any atom is -0.399 e. The fraction of sp³-hybridized carbons (Fsp3) is 0.278. The molecular weight excluding hydrogens is 293 g/mol. The molecular formula is C18H20FN3O. The number of halogens is 1. The van der Waals surface area contributed by atoms with Crippen LogP contribution in [-0.4, -0.2) is 37.0 Å². The Kier molecular flexibility index (Phi) is 4.46. The molecule has 1 fully saturated rings. The third kappa shape index (κ3) is 3.80. The predicted molar refractivity (Wildman–Crippen MR) is 89.8 cm³/mol. The van der Waals surface area contributed by atoms with Gasteiger partial charge in [-0.3, -0.25) is 4.79 Å². The van der Waals surface area contributed by atoms with Crippen LogP contribution in [0.4, 0.5) is 15.8 Å². The first-order valence-electron chi connectivity index (χ1n) is 7.74. The van der Waals surface area contributed by atoms with Crippen LogP contribution >= 0.6 is 0 Å². The van der Waals surface area contributed by atoms with Crippen molar-refractivity contribution in [1.82, 2.24) is 4.90 Å². The molecule has 4 nitrogen and oxygen atoms in total. The Balaban J connectivity index is 1.56. The summed E-state index contributed by atoms with van der Waals surface area (Å²) in [7, 11) is 0. The summed E-state index contributed by atoms with van der Waals surface area (Å²) in [6.45, 7) is 2.96. The lowest BCUT2D eigenvalue weighted by Crippen LogP contribution is -2.49. The SMILES string of the molecule is Nc1cccc(N2CCN(C(=O)Cc3ccc(F)cc3)CC2)c1. The van der Waals surface area contributed by atoms with Crippen LogP contribution < -0.4 is 10.6 Å². The molecule has 1 saturated heterocycles. The van der Waals surface area contributed by atoms with Crippen molar-refractivity contribution in [2.24, 2.45) is 0 Å². The van der Waals surface area contributed by atoms with E-state index in [9.17, 15) is 9.18 Å². The van der Waals surface area contributed by atoms with E-state index in [4.69, 9.17) is 5.73 Å². The van der Waals surface area contributed by atoms with Crippen LogP contribution in [0.3, 0.4) is 0 Å². The molecule has 0 saturated carbocycles. The number of hydrogen-bond donors (Lipinski definition) is 1. The summed E-state index contributed by atoms with van der Waals surface area (Å²) >= 11 is 0. The number of carbonyl (C=O) groups is 1. The summed E-state index contributed by atoms with van der Waals surface area (Å²) in [6.07, 6.45) is 0.318. The molecule has 1 heterocycles. The Morgan fingerprint density at radius 2 is 1.74 bits per heavy atom. The van der Waals surface area contributed by atoms with Crippen LogP contribution in [0.25, 0.3) is 0 Å². The van der Waals surface area contributed by atoms with Gasteiger partial charge in [-0.25, -0.2) is 4.39 Å². The summed E-state index contributed by atoms with van der Waals surface area (Å²) < 4.78 is 12.9. The lowest BCUT2D eigenvalue weighted by atomic mass is 10.1. The van der Waals surface area contributed by atoms with E-state index in [0.29, 0.717) is 19.5 Å². The quantitative estimate of drug-likeness (QED) is 0.885.